The van der Waals surface area contributed by atoms with Crippen molar-refractivity contribution < 1.29 is 22.6 Å². The van der Waals surface area contributed by atoms with E-state index in [4.69, 9.17) is 9.47 Å². The number of benzene rings is 1. The Morgan fingerprint density at radius 1 is 1.15 bits per heavy atom. The molecular formula is C22H22F3N7O2. The van der Waals surface area contributed by atoms with Crippen LogP contribution in [0.4, 0.5) is 24.8 Å². The van der Waals surface area contributed by atoms with Gasteiger partial charge in [-0.2, -0.15) is 28.2 Å². The standard InChI is InChI=1S/C22H22F3N7O2/c1-15-3-2-4-16(11-15)13-27-31-18-12-20(32-7-9-33-10-8-32)30-21(29-18)34-14-19-26-6-5-17(28-19)22(23,24)25/h2-6,11-13H,7-10,14H2,1H3,(H,29,30,31). The van der Waals surface area contributed by atoms with Crippen LogP contribution in [0.1, 0.15) is 22.6 Å². The van der Waals surface area contributed by atoms with Crippen LogP contribution in [-0.4, -0.2) is 52.5 Å². The number of alkyl halides is 3. The molecule has 3 aromatic rings. The Kier molecular flexibility index (Phi) is 7.16. The van der Waals surface area contributed by atoms with Gasteiger partial charge in [0.2, 0.25) is 0 Å². The minimum atomic E-state index is -4.57. The molecule has 0 atom stereocenters. The first-order valence-electron chi connectivity index (χ1n) is 10.5. The lowest BCUT2D eigenvalue weighted by atomic mass is 10.2. The summed E-state index contributed by atoms with van der Waals surface area (Å²) in [7, 11) is 0. The first kappa shape index (κ1) is 23.4. The summed E-state index contributed by atoms with van der Waals surface area (Å²) in [5.74, 6) is 0.800. The van der Waals surface area contributed by atoms with Crippen LogP contribution in [0.15, 0.2) is 47.7 Å². The molecule has 0 aliphatic carbocycles. The zero-order valence-electron chi connectivity index (χ0n) is 18.3. The summed E-state index contributed by atoms with van der Waals surface area (Å²) in [5, 5.41) is 4.22. The van der Waals surface area contributed by atoms with E-state index in [9.17, 15) is 13.2 Å². The molecule has 1 saturated heterocycles. The second kappa shape index (κ2) is 10.4. The minimum absolute atomic E-state index is 0.0433. The molecule has 1 aromatic carbocycles. The largest absolute Gasteiger partial charge is 0.455 e. The van der Waals surface area contributed by atoms with Gasteiger partial charge in [0.15, 0.2) is 18.2 Å². The lowest BCUT2D eigenvalue weighted by Gasteiger charge is -2.28. The van der Waals surface area contributed by atoms with Crippen LogP contribution in [0.5, 0.6) is 6.01 Å². The maximum atomic E-state index is 12.9. The smallest absolute Gasteiger partial charge is 0.433 e. The van der Waals surface area contributed by atoms with E-state index in [2.05, 4.69) is 30.5 Å². The molecule has 0 spiro atoms. The van der Waals surface area contributed by atoms with Gasteiger partial charge in [0.05, 0.1) is 19.4 Å². The van der Waals surface area contributed by atoms with Crippen molar-refractivity contribution in [2.24, 2.45) is 5.10 Å². The molecule has 12 heteroatoms. The van der Waals surface area contributed by atoms with E-state index in [1.54, 1.807) is 12.3 Å². The molecule has 0 radical (unpaired) electrons. The van der Waals surface area contributed by atoms with Crippen LogP contribution in [0.3, 0.4) is 0 Å². The molecule has 1 fully saturated rings. The predicted molar refractivity (Wildman–Crippen MR) is 119 cm³/mol. The van der Waals surface area contributed by atoms with Gasteiger partial charge in [0.25, 0.3) is 0 Å². The zero-order valence-corrected chi connectivity index (χ0v) is 18.3. The molecule has 178 valence electrons. The van der Waals surface area contributed by atoms with E-state index in [-0.39, 0.29) is 18.4 Å². The third-order valence-corrected chi connectivity index (χ3v) is 4.79. The van der Waals surface area contributed by atoms with Gasteiger partial charge in [0.1, 0.15) is 11.5 Å². The molecule has 34 heavy (non-hydrogen) atoms. The predicted octanol–water partition coefficient (Wildman–Crippen LogP) is 3.46. The van der Waals surface area contributed by atoms with Crippen molar-refractivity contribution in [2.45, 2.75) is 19.7 Å². The third kappa shape index (κ3) is 6.38. The van der Waals surface area contributed by atoms with Crippen LogP contribution in [0, 0.1) is 6.92 Å². The summed E-state index contributed by atoms with van der Waals surface area (Å²) in [6.07, 6.45) is -1.89. The Morgan fingerprint density at radius 3 is 2.74 bits per heavy atom. The Bertz CT molecular complexity index is 1150. The van der Waals surface area contributed by atoms with E-state index >= 15 is 0 Å². The first-order valence-corrected chi connectivity index (χ1v) is 10.5. The number of aromatic nitrogens is 4. The maximum absolute atomic E-state index is 12.9. The number of hydrogen-bond acceptors (Lipinski definition) is 9. The van der Waals surface area contributed by atoms with Gasteiger partial charge < -0.3 is 14.4 Å². The van der Waals surface area contributed by atoms with Crippen molar-refractivity contribution in [3.8, 4) is 6.01 Å². The monoisotopic (exact) mass is 473 g/mol. The SMILES string of the molecule is Cc1cccc(C=NNc2cc(N3CCOCC3)nc(OCc3nccc(C(F)(F)F)n3)n2)c1. The average molecular weight is 473 g/mol. The minimum Gasteiger partial charge on any atom is -0.455 e. The highest BCUT2D eigenvalue weighted by molar-refractivity contribution is 5.80. The lowest BCUT2D eigenvalue weighted by Crippen LogP contribution is -2.36. The van der Waals surface area contributed by atoms with Crippen LogP contribution in [-0.2, 0) is 17.5 Å². The van der Waals surface area contributed by atoms with Gasteiger partial charge >= 0.3 is 12.2 Å². The lowest BCUT2D eigenvalue weighted by molar-refractivity contribution is -0.141. The molecule has 0 unspecified atom stereocenters. The highest BCUT2D eigenvalue weighted by Crippen LogP contribution is 2.27. The Morgan fingerprint density at radius 2 is 1.97 bits per heavy atom. The van der Waals surface area contributed by atoms with Crippen LogP contribution < -0.4 is 15.1 Å². The third-order valence-electron chi connectivity index (χ3n) is 4.79. The molecule has 2 aromatic heterocycles. The van der Waals surface area contributed by atoms with E-state index in [1.165, 1.54) is 0 Å². The number of anilines is 2. The van der Waals surface area contributed by atoms with Crippen molar-refractivity contribution in [2.75, 3.05) is 36.6 Å². The van der Waals surface area contributed by atoms with Crippen molar-refractivity contribution >= 4 is 17.9 Å². The number of aryl methyl sites for hydroxylation is 1. The number of hydrazone groups is 1. The van der Waals surface area contributed by atoms with Crippen LogP contribution in [0.25, 0.3) is 0 Å². The molecule has 9 nitrogen and oxygen atoms in total. The summed E-state index contributed by atoms with van der Waals surface area (Å²) >= 11 is 0. The maximum Gasteiger partial charge on any atom is 0.433 e. The van der Waals surface area contributed by atoms with Gasteiger partial charge in [-0.3, -0.25) is 5.43 Å². The fraction of sp³-hybridized carbons (Fsp3) is 0.318. The van der Waals surface area contributed by atoms with Gasteiger partial charge in [-0.05, 0) is 18.6 Å². The second-order valence-corrected chi connectivity index (χ2v) is 7.42. The van der Waals surface area contributed by atoms with Crippen LogP contribution in [0.2, 0.25) is 0 Å². The highest BCUT2D eigenvalue weighted by atomic mass is 19.4. The summed E-state index contributed by atoms with van der Waals surface area (Å²) in [6, 6.07) is 10.3. The van der Waals surface area contributed by atoms with Crippen LogP contribution >= 0.6 is 0 Å². The molecule has 1 N–H and O–H groups in total. The van der Waals surface area contributed by atoms with Crippen molar-refractivity contribution in [1.82, 2.24) is 19.9 Å². The Labute approximate surface area is 193 Å². The topological polar surface area (TPSA) is 97.7 Å². The average Bonchev–Trinajstić information content (AvgIpc) is 2.83. The fourth-order valence-electron chi connectivity index (χ4n) is 3.17. The molecule has 4 rings (SSSR count). The quantitative estimate of drug-likeness (QED) is 0.412. The van der Waals surface area contributed by atoms with Gasteiger partial charge in [-0.25, -0.2) is 9.97 Å². The number of hydrogen-bond donors (Lipinski definition) is 1. The summed E-state index contributed by atoms with van der Waals surface area (Å²) in [4.78, 5) is 18.0. The molecular weight excluding hydrogens is 451 g/mol. The van der Waals surface area contributed by atoms with Crippen molar-refractivity contribution in [3.05, 3.63) is 65.2 Å². The molecule has 0 saturated carbocycles. The molecule has 0 amide bonds. The number of ether oxygens (including phenoxy) is 2. The van der Waals surface area contributed by atoms with Gasteiger partial charge in [-0.15, -0.1) is 0 Å². The van der Waals surface area contributed by atoms with E-state index in [0.29, 0.717) is 37.9 Å². The summed E-state index contributed by atoms with van der Waals surface area (Å²) in [6.45, 7) is 4.00. The molecule has 1 aliphatic rings. The Balaban J connectivity index is 1.52. The summed E-state index contributed by atoms with van der Waals surface area (Å²) < 4.78 is 49.7. The number of rotatable bonds is 7. The Hall–Kier alpha value is -3.80. The van der Waals surface area contributed by atoms with Crippen molar-refractivity contribution in [3.63, 3.8) is 0 Å². The van der Waals surface area contributed by atoms with Gasteiger partial charge in [-0.1, -0.05) is 29.8 Å². The molecule has 3 heterocycles. The van der Waals surface area contributed by atoms with E-state index in [0.717, 1.165) is 23.4 Å². The first-order chi connectivity index (χ1) is 16.4. The number of halogens is 3. The number of nitrogens with zero attached hydrogens (tertiary/aromatic N) is 6. The second-order valence-electron chi connectivity index (χ2n) is 7.42. The van der Waals surface area contributed by atoms with E-state index < -0.39 is 11.9 Å². The molecule has 0 bridgehead atoms. The normalized spacial score (nSPS) is 14.4. The summed E-state index contributed by atoms with van der Waals surface area (Å²) in [5.41, 5.74) is 3.83. The van der Waals surface area contributed by atoms with Gasteiger partial charge in [0, 0.05) is 25.4 Å². The fourth-order valence-corrected chi connectivity index (χ4v) is 3.17. The van der Waals surface area contributed by atoms with E-state index in [1.807, 2.05) is 36.1 Å². The van der Waals surface area contributed by atoms with Crippen molar-refractivity contribution in [1.29, 1.82) is 0 Å². The highest BCUT2D eigenvalue weighted by Gasteiger charge is 2.32. The number of nitrogens with one attached hydrogen (secondary N) is 1. The number of morpholine rings is 1. The zero-order chi connectivity index (χ0) is 24.0. The molecule has 1 aliphatic heterocycles.